The summed E-state index contributed by atoms with van der Waals surface area (Å²) in [4.78, 5) is 2.33. The topological polar surface area (TPSA) is 8.17 Å². The molecule has 0 unspecified atom stereocenters. The Kier molecular flexibility index (Phi) is 7.19. The molecule has 9 aromatic rings. The van der Waals surface area contributed by atoms with Gasteiger partial charge in [-0.25, -0.2) is 0 Å². The molecule has 2 heteroatoms. The Morgan fingerprint density at radius 1 is 0.377 bits per heavy atom. The lowest BCUT2D eigenvalue weighted by molar-refractivity contribution is 0.661. The molecule has 1 aromatic heterocycles. The van der Waals surface area contributed by atoms with E-state index in [1.165, 1.54) is 72.0 Å². The van der Waals surface area contributed by atoms with E-state index >= 15 is 0 Å². The van der Waals surface area contributed by atoms with Crippen LogP contribution < -0.4 is 4.90 Å². The molecule has 0 spiro atoms. The van der Waals surface area contributed by atoms with Gasteiger partial charge in [0.15, 0.2) is 0 Å². The van der Waals surface area contributed by atoms with Gasteiger partial charge >= 0.3 is 0 Å². The Labute approximate surface area is 310 Å². The molecule has 0 saturated carbocycles. The molecule has 0 fully saturated rings. The van der Waals surface area contributed by atoms with Crippen molar-refractivity contribution in [3.05, 3.63) is 205 Å². The van der Waals surface area contributed by atoms with Crippen molar-refractivity contribution < 1.29 is 0 Å². The normalized spacial score (nSPS) is 12.9. The highest BCUT2D eigenvalue weighted by Crippen LogP contribution is 2.51. The van der Waals surface area contributed by atoms with E-state index in [2.05, 4.69) is 217 Å². The summed E-state index contributed by atoms with van der Waals surface area (Å²) in [6.07, 6.45) is 0. The van der Waals surface area contributed by atoms with Crippen LogP contribution in [-0.4, -0.2) is 4.57 Å². The zero-order valence-corrected chi connectivity index (χ0v) is 29.9. The molecule has 0 amide bonds. The smallest absolute Gasteiger partial charge is 0.0547 e. The first-order chi connectivity index (χ1) is 26.0. The Morgan fingerprint density at radius 3 is 1.57 bits per heavy atom. The first-order valence-electron chi connectivity index (χ1n) is 18.4. The largest absolute Gasteiger partial charge is 0.311 e. The van der Waals surface area contributed by atoms with Crippen molar-refractivity contribution in [3.8, 4) is 39.1 Å². The number of hydrogen-bond donors (Lipinski definition) is 0. The first kappa shape index (κ1) is 31.1. The minimum atomic E-state index is -0.0669. The lowest BCUT2D eigenvalue weighted by Crippen LogP contribution is -2.14. The van der Waals surface area contributed by atoms with Gasteiger partial charge in [-0.15, -0.1) is 0 Å². The predicted octanol–water partition coefficient (Wildman–Crippen LogP) is 13.9. The average Bonchev–Trinajstić information content (AvgIpc) is 3.66. The minimum Gasteiger partial charge on any atom is -0.311 e. The van der Waals surface area contributed by atoms with Crippen LogP contribution >= 0.6 is 0 Å². The van der Waals surface area contributed by atoms with Crippen molar-refractivity contribution in [2.45, 2.75) is 19.3 Å². The fourth-order valence-corrected chi connectivity index (χ4v) is 8.51. The molecule has 0 atom stereocenters. The number of rotatable bonds is 6. The molecule has 0 aliphatic heterocycles. The highest BCUT2D eigenvalue weighted by Gasteiger charge is 2.36. The fourth-order valence-electron chi connectivity index (χ4n) is 8.51. The monoisotopic (exact) mass is 678 g/mol. The lowest BCUT2D eigenvalue weighted by Gasteiger charge is -2.26. The second-order valence-corrected chi connectivity index (χ2v) is 14.6. The van der Waals surface area contributed by atoms with E-state index < -0.39 is 0 Å². The van der Waals surface area contributed by atoms with Gasteiger partial charge in [0.1, 0.15) is 0 Å². The third-order valence-electron chi connectivity index (χ3n) is 11.2. The molecule has 0 bridgehead atoms. The number of aromatic nitrogens is 1. The summed E-state index contributed by atoms with van der Waals surface area (Å²) in [5, 5.41) is 2.55. The number of hydrogen-bond acceptors (Lipinski definition) is 1. The maximum Gasteiger partial charge on any atom is 0.0547 e. The molecule has 1 aliphatic rings. The first-order valence-corrected chi connectivity index (χ1v) is 18.4. The molecular formula is C51H38N2. The van der Waals surface area contributed by atoms with Crippen molar-refractivity contribution in [2.24, 2.45) is 0 Å². The van der Waals surface area contributed by atoms with Crippen LogP contribution in [-0.2, 0) is 5.41 Å². The molecule has 1 heterocycles. The molecule has 1 aliphatic carbocycles. The number of benzene rings is 8. The van der Waals surface area contributed by atoms with Gasteiger partial charge in [-0.3, -0.25) is 0 Å². The second kappa shape index (κ2) is 12.3. The van der Waals surface area contributed by atoms with Gasteiger partial charge in [0.25, 0.3) is 0 Å². The van der Waals surface area contributed by atoms with Gasteiger partial charge in [0.05, 0.1) is 11.0 Å². The maximum atomic E-state index is 2.46. The second-order valence-electron chi connectivity index (χ2n) is 14.6. The molecule has 252 valence electrons. The van der Waals surface area contributed by atoms with Crippen molar-refractivity contribution in [2.75, 3.05) is 4.90 Å². The third kappa shape index (κ3) is 5.10. The van der Waals surface area contributed by atoms with Crippen LogP contribution in [0.25, 0.3) is 60.9 Å². The van der Waals surface area contributed by atoms with Crippen LogP contribution in [0.15, 0.2) is 194 Å². The van der Waals surface area contributed by atoms with E-state index in [-0.39, 0.29) is 5.41 Å². The van der Waals surface area contributed by atoms with Crippen LogP contribution in [0.1, 0.15) is 25.0 Å². The summed E-state index contributed by atoms with van der Waals surface area (Å²) < 4.78 is 2.46. The molecule has 53 heavy (non-hydrogen) atoms. The van der Waals surface area contributed by atoms with Crippen molar-refractivity contribution in [3.63, 3.8) is 0 Å². The zero-order chi connectivity index (χ0) is 35.5. The van der Waals surface area contributed by atoms with E-state index in [0.717, 1.165) is 17.1 Å². The number of anilines is 3. The SMILES string of the molecule is CC1(C)c2ccccc2-c2cc3c4ccc(-c5ccc(N(c6ccccc6)c6ccc(-c7ccccc7)cc6)cc5)cc4n(-c4ccccc4)c3cc21. The summed E-state index contributed by atoms with van der Waals surface area (Å²) >= 11 is 0. The van der Waals surface area contributed by atoms with Gasteiger partial charge in [0.2, 0.25) is 0 Å². The van der Waals surface area contributed by atoms with E-state index in [1.807, 2.05) is 0 Å². The Morgan fingerprint density at radius 2 is 0.887 bits per heavy atom. The average molecular weight is 679 g/mol. The van der Waals surface area contributed by atoms with Gasteiger partial charge < -0.3 is 9.47 Å². The molecule has 0 saturated heterocycles. The number of fused-ring (bicyclic) bond motifs is 6. The van der Waals surface area contributed by atoms with Gasteiger partial charge in [0, 0.05) is 38.9 Å². The summed E-state index contributed by atoms with van der Waals surface area (Å²) in [5.74, 6) is 0. The van der Waals surface area contributed by atoms with Crippen LogP contribution in [0.4, 0.5) is 17.1 Å². The van der Waals surface area contributed by atoms with Crippen molar-refractivity contribution in [1.82, 2.24) is 4.57 Å². The fraction of sp³-hybridized carbons (Fsp3) is 0.0588. The molecule has 8 aromatic carbocycles. The van der Waals surface area contributed by atoms with E-state index in [1.54, 1.807) is 0 Å². The van der Waals surface area contributed by atoms with E-state index in [4.69, 9.17) is 0 Å². The molecule has 2 nitrogen and oxygen atoms in total. The van der Waals surface area contributed by atoms with Crippen molar-refractivity contribution >= 4 is 38.9 Å². The summed E-state index contributed by atoms with van der Waals surface area (Å²) in [5.41, 5.74) is 17.2. The molecule has 10 rings (SSSR count). The van der Waals surface area contributed by atoms with E-state index in [0.29, 0.717) is 0 Å². The summed E-state index contributed by atoms with van der Waals surface area (Å²) in [6, 6.07) is 70.6. The zero-order valence-electron chi connectivity index (χ0n) is 29.9. The summed E-state index contributed by atoms with van der Waals surface area (Å²) in [7, 11) is 0. The Hall–Kier alpha value is -6.64. The maximum absolute atomic E-state index is 2.46. The third-order valence-corrected chi connectivity index (χ3v) is 11.2. The molecule has 0 radical (unpaired) electrons. The van der Waals surface area contributed by atoms with E-state index in [9.17, 15) is 0 Å². The standard InChI is InChI=1S/C51H38N2/c1-51(2)47-21-13-12-20-43(47)45-33-46-44-31-26-38(32-49(44)53(50(46)34-48(45)51)40-18-10-5-11-19-40)37-24-29-42(30-25-37)52(39-16-8-4-9-17-39)41-27-22-36(23-28-41)35-14-6-3-7-15-35/h3-34H,1-2H3. The van der Waals surface area contributed by atoms with Gasteiger partial charge in [-0.05, 0) is 111 Å². The lowest BCUT2D eigenvalue weighted by atomic mass is 9.82. The van der Waals surface area contributed by atoms with Crippen molar-refractivity contribution in [1.29, 1.82) is 0 Å². The van der Waals surface area contributed by atoms with Crippen LogP contribution in [0.5, 0.6) is 0 Å². The Balaban J connectivity index is 1.08. The van der Waals surface area contributed by atoms with Gasteiger partial charge in [-0.2, -0.15) is 0 Å². The predicted molar refractivity (Wildman–Crippen MR) is 224 cm³/mol. The minimum absolute atomic E-state index is 0.0669. The quantitative estimate of drug-likeness (QED) is 0.170. The van der Waals surface area contributed by atoms with Crippen LogP contribution in [0, 0.1) is 0 Å². The Bertz CT molecular complexity index is 2760. The van der Waals surface area contributed by atoms with Gasteiger partial charge in [-0.1, -0.05) is 141 Å². The highest BCUT2D eigenvalue weighted by atomic mass is 15.1. The number of nitrogens with zero attached hydrogens (tertiary/aromatic N) is 2. The molecular weight excluding hydrogens is 641 g/mol. The van der Waals surface area contributed by atoms with Crippen LogP contribution in [0.3, 0.4) is 0 Å². The summed E-state index contributed by atoms with van der Waals surface area (Å²) in [6.45, 7) is 4.72. The highest BCUT2D eigenvalue weighted by molar-refractivity contribution is 6.12. The molecule has 0 N–H and O–H groups in total. The van der Waals surface area contributed by atoms with Crippen LogP contribution in [0.2, 0.25) is 0 Å². The number of para-hydroxylation sites is 2.